The van der Waals surface area contributed by atoms with E-state index in [1.54, 1.807) is 0 Å². The van der Waals surface area contributed by atoms with E-state index in [9.17, 15) is 4.79 Å². The van der Waals surface area contributed by atoms with E-state index in [2.05, 4.69) is 32.2 Å². The molecular weight excluding hydrogens is 264 g/mol. The van der Waals surface area contributed by atoms with E-state index >= 15 is 0 Å². The summed E-state index contributed by atoms with van der Waals surface area (Å²) in [7, 11) is 0. The van der Waals surface area contributed by atoms with Gasteiger partial charge in [0.2, 0.25) is 0 Å². The summed E-state index contributed by atoms with van der Waals surface area (Å²) in [6.45, 7) is 6.98. The first-order valence-corrected chi connectivity index (χ1v) is 7.73. The van der Waals surface area contributed by atoms with Crippen LogP contribution in [0.2, 0.25) is 0 Å². The normalized spacial score (nSPS) is 15.9. The lowest BCUT2D eigenvalue weighted by molar-refractivity contribution is -0.123. The molecular formula is C17H26N2O2. The smallest absolute Gasteiger partial charge is 0.257 e. The molecule has 0 bridgehead atoms. The topological polar surface area (TPSA) is 64.3 Å². The third-order valence-corrected chi connectivity index (χ3v) is 4.00. The third-order valence-electron chi connectivity index (χ3n) is 4.00. The molecule has 1 aliphatic rings. The zero-order chi connectivity index (χ0) is 15.4. The lowest BCUT2D eigenvalue weighted by Crippen LogP contribution is -2.40. The van der Waals surface area contributed by atoms with Gasteiger partial charge in [0.1, 0.15) is 5.75 Å². The van der Waals surface area contributed by atoms with Crippen LogP contribution < -0.4 is 15.8 Å². The predicted octanol–water partition coefficient (Wildman–Crippen LogP) is 2.35. The Bertz CT molecular complexity index is 496. The van der Waals surface area contributed by atoms with Gasteiger partial charge >= 0.3 is 0 Å². The molecule has 1 unspecified atom stereocenters. The summed E-state index contributed by atoms with van der Waals surface area (Å²) >= 11 is 0. The van der Waals surface area contributed by atoms with Crippen LogP contribution in [0.25, 0.3) is 0 Å². The maximum Gasteiger partial charge on any atom is 0.257 e. The molecule has 2 rings (SSSR count). The highest BCUT2D eigenvalue weighted by Crippen LogP contribution is 2.31. The Morgan fingerprint density at radius 3 is 2.71 bits per heavy atom. The van der Waals surface area contributed by atoms with Gasteiger partial charge < -0.3 is 15.8 Å². The summed E-state index contributed by atoms with van der Waals surface area (Å²) in [6, 6.07) is 6.06. The molecule has 1 saturated carbocycles. The van der Waals surface area contributed by atoms with Crippen molar-refractivity contribution in [1.29, 1.82) is 0 Å². The molecule has 1 atom stereocenters. The second-order valence-corrected chi connectivity index (χ2v) is 6.27. The van der Waals surface area contributed by atoms with Crippen LogP contribution >= 0.6 is 0 Å². The summed E-state index contributed by atoms with van der Waals surface area (Å²) in [5.74, 6) is 1.71. The molecule has 0 heterocycles. The van der Waals surface area contributed by atoms with Crippen LogP contribution in [0.1, 0.15) is 43.7 Å². The van der Waals surface area contributed by atoms with Crippen molar-refractivity contribution in [3.05, 3.63) is 29.3 Å². The molecule has 1 amide bonds. The van der Waals surface area contributed by atoms with E-state index in [0.717, 1.165) is 5.75 Å². The molecule has 4 nitrogen and oxygen atoms in total. The average molecular weight is 290 g/mol. The zero-order valence-electron chi connectivity index (χ0n) is 13.2. The van der Waals surface area contributed by atoms with Crippen molar-refractivity contribution in [1.82, 2.24) is 5.32 Å². The quantitative estimate of drug-likeness (QED) is 0.810. The van der Waals surface area contributed by atoms with Gasteiger partial charge in [-0.15, -0.1) is 0 Å². The van der Waals surface area contributed by atoms with E-state index in [1.807, 2.05) is 12.1 Å². The fourth-order valence-corrected chi connectivity index (χ4v) is 2.51. The lowest BCUT2D eigenvalue weighted by Gasteiger charge is -2.14. The Labute approximate surface area is 127 Å². The van der Waals surface area contributed by atoms with Crippen LogP contribution in [0.15, 0.2) is 18.2 Å². The van der Waals surface area contributed by atoms with E-state index in [0.29, 0.717) is 18.4 Å². The number of hydrogen-bond acceptors (Lipinski definition) is 3. The molecule has 3 N–H and O–H groups in total. The van der Waals surface area contributed by atoms with Gasteiger partial charge in [-0.05, 0) is 54.9 Å². The van der Waals surface area contributed by atoms with E-state index in [-0.39, 0.29) is 18.6 Å². The van der Waals surface area contributed by atoms with E-state index in [4.69, 9.17) is 10.5 Å². The summed E-state index contributed by atoms with van der Waals surface area (Å²) in [5.41, 5.74) is 8.44. The number of amides is 1. The maximum atomic E-state index is 11.7. The molecule has 116 valence electrons. The number of rotatable bonds is 7. The lowest BCUT2D eigenvalue weighted by atomic mass is 9.98. The number of hydrogen-bond donors (Lipinski definition) is 2. The zero-order valence-corrected chi connectivity index (χ0v) is 13.2. The number of carbonyl (C=O) groups is 1. The Morgan fingerprint density at radius 1 is 1.43 bits per heavy atom. The first-order valence-electron chi connectivity index (χ1n) is 7.73. The number of nitrogens with two attached hydrogens (primary N) is 1. The van der Waals surface area contributed by atoms with Crippen LogP contribution in [0.5, 0.6) is 5.75 Å². The van der Waals surface area contributed by atoms with Gasteiger partial charge in [-0.2, -0.15) is 0 Å². The summed E-state index contributed by atoms with van der Waals surface area (Å²) < 4.78 is 5.54. The predicted molar refractivity (Wildman–Crippen MR) is 84.5 cm³/mol. The Balaban J connectivity index is 1.76. The second-order valence-electron chi connectivity index (χ2n) is 6.27. The summed E-state index contributed by atoms with van der Waals surface area (Å²) in [5, 5.41) is 2.83. The SMILES string of the molecule is Cc1cc(OCC(=O)NCC(N)C2CC2)ccc1C(C)C. The molecule has 1 fully saturated rings. The van der Waals surface area contributed by atoms with Gasteiger partial charge in [0.15, 0.2) is 6.61 Å². The second kappa shape index (κ2) is 6.94. The van der Waals surface area contributed by atoms with Crippen LogP contribution in [0.3, 0.4) is 0 Å². The first kappa shape index (κ1) is 15.8. The fraction of sp³-hybridized carbons (Fsp3) is 0.588. The van der Waals surface area contributed by atoms with Crippen LogP contribution in [-0.4, -0.2) is 25.1 Å². The Hall–Kier alpha value is -1.55. The maximum absolute atomic E-state index is 11.7. The molecule has 1 aliphatic carbocycles. The molecule has 1 aromatic rings. The van der Waals surface area contributed by atoms with Gasteiger partial charge in [0, 0.05) is 12.6 Å². The minimum atomic E-state index is -0.114. The Kier molecular flexibility index (Phi) is 5.23. The summed E-state index contributed by atoms with van der Waals surface area (Å²) in [4.78, 5) is 11.7. The molecule has 0 aromatic heterocycles. The van der Waals surface area contributed by atoms with Crippen LogP contribution in [0.4, 0.5) is 0 Å². The molecule has 1 aromatic carbocycles. The van der Waals surface area contributed by atoms with Gasteiger partial charge in [0.05, 0.1) is 0 Å². The third kappa shape index (κ3) is 4.74. The van der Waals surface area contributed by atoms with Crippen molar-refractivity contribution in [3.63, 3.8) is 0 Å². The minimum absolute atomic E-state index is 0.0395. The standard InChI is InChI=1S/C17H26N2O2/c1-11(2)15-7-6-14(8-12(15)3)21-10-17(20)19-9-16(18)13-4-5-13/h6-8,11,13,16H,4-5,9-10,18H2,1-3H3,(H,19,20). The monoisotopic (exact) mass is 290 g/mol. The van der Waals surface area contributed by atoms with E-state index < -0.39 is 0 Å². The van der Waals surface area contributed by atoms with Crippen molar-refractivity contribution >= 4 is 5.91 Å². The average Bonchev–Trinajstić information content (AvgIpc) is 3.26. The molecule has 0 saturated heterocycles. The van der Waals surface area contributed by atoms with Gasteiger partial charge in [-0.3, -0.25) is 4.79 Å². The summed E-state index contributed by atoms with van der Waals surface area (Å²) in [6.07, 6.45) is 2.38. The number of carbonyl (C=O) groups excluding carboxylic acids is 1. The highest BCUT2D eigenvalue weighted by molar-refractivity contribution is 5.77. The highest BCUT2D eigenvalue weighted by atomic mass is 16.5. The van der Waals surface area contributed by atoms with Crippen molar-refractivity contribution < 1.29 is 9.53 Å². The van der Waals surface area contributed by atoms with Crippen molar-refractivity contribution in [2.45, 2.75) is 45.6 Å². The molecule has 4 heteroatoms. The molecule has 0 radical (unpaired) electrons. The van der Waals surface area contributed by atoms with Gasteiger partial charge in [-0.25, -0.2) is 0 Å². The van der Waals surface area contributed by atoms with Crippen LogP contribution in [0, 0.1) is 12.8 Å². The van der Waals surface area contributed by atoms with E-state index in [1.165, 1.54) is 24.0 Å². The van der Waals surface area contributed by atoms with Crippen LogP contribution in [-0.2, 0) is 4.79 Å². The molecule has 0 spiro atoms. The minimum Gasteiger partial charge on any atom is -0.484 e. The van der Waals surface area contributed by atoms with Gasteiger partial charge in [-0.1, -0.05) is 19.9 Å². The number of aryl methyl sites for hydroxylation is 1. The van der Waals surface area contributed by atoms with Crippen molar-refractivity contribution in [2.75, 3.05) is 13.2 Å². The van der Waals surface area contributed by atoms with Crippen molar-refractivity contribution in [2.24, 2.45) is 11.7 Å². The largest absolute Gasteiger partial charge is 0.484 e. The molecule has 21 heavy (non-hydrogen) atoms. The Morgan fingerprint density at radius 2 is 2.14 bits per heavy atom. The number of nitrogens with one attached hydrogen (secondary N) is 1. The molecule has 0 aliphatic heterocycles. The fourth-order valence-electron chi connectivity index (χ4n) is 2.51. The van der Waals surface area contributed by atoms with Crippen molar-refractivity contribution in [3.8, 4) is 5.75 Å². The highest BCUT2D eigenvalue weighted by Gasteiger charge is 2.28. The van der Waals surface area contributed by atoms with Gasteiger partial charge in [0.25, 0.3) is 5.91 Å². The number of benzene rings is 1. The number of ether oxygens (including phenoxy) is 1. The first-order chi connectivity index (χ1) is 9.97.